The molecule has 0 bridgehead atoms. The fourth-order valence-corrected chi connectivity index (χ4v) is 4.22. The molecule has 2 saturated heterocycles. The van der Waals surface area contributed by atoms with E-state index in [4.69, 9.17) is 13.1 Å². The van der Waals surface area contributed by atoms with Gasteiger partial charge in [-0.15, -0.1) is 0 Å². The van der Waals surface area contributed by atoms with Crippen molar-refractivity contribution in [2.75, 3.05) is 79.1 Å². The second-order valence-corrected chi connectivity index (χ2v) is 11.5. The van der Waals surface area contributed by atoms with Gasteiger partial charge in [0.25, 0.3) is 20.2 Å². The van der Waals surface area contributed by atoms with Gasteiger partial charge in [-0.1, -0.05) is 0 Å². The molecule has 2 heterocycles. The Morgan fingerprint density at radius 2 is 0.939 bits per heavy atom. The minimum atomic E-state index is -3.25. The molecule has 0 atom stereocenters. The topological polar surface area (TPSA) is 104 Å². The third-order valence-corrected chi connectivity index (χ3v) is 6.34. The monoisotopic (exact) mass is 538 g/mol. The first-order valence-corrected chi connectivity index (χ1v) is 13.4. The van der Waals surface area contributed by atoms with E-state index in [1.807, 2.05) is 0 Å². The molecular formula is C16H36B2Cl2Li2N2O7S2+. The maximum atomic E-state index is 10.7. The summed E-state index contributed by atoms with van der Waals surface area (Å²) in [5.74, 6) is 0. The molecular weight excluding hydrogens is 503 g/mol. The smallest absolute Gasteiger partial charge is 1.00 e. The molecule has 33 heavy (non-hydrogen) atoms. The predicted octanol–water partition coefficient (Wildman–Crippen LogP) is -12.5. The van der Waals surface area contributed by atoms with Crippen molar-refractivity contribution in [3.05, 3.63) is 0 Å². The van der Waals surface area contributed by atoms with Gasteiger partial charge in [-0.3, -0.25) is 8.37 Å². The summed E-state index contributed by atoms with van der Waals surface area (Å²) in [7, 11) is 2.21. The van der Waals surface area contributed by atoms with Crippen molar-refractivity contribution < 1.29 is 101 Å². The van der Waals surface area contributed by atoms with Crippen LogP contribution < -0.4 is 62.5 Å². The quantitative estimate of drug-likeness (QED) is 0.172. The zero-order chi connectivity index (χ0) is 22.6. The summed E-state index contributed by atoms with van der Waals surface area (Å²) in [5, 5.41) is 0. The van der Waals surface area contributed by atoms with Crippen LogP contribution in [0.5, 0.6) is 0 Å². The van der Waals surface area contributed by atoms with Gasteiger partial charge in [-0.05, 0) is 0 Å². The third-order valence-electron chi connectivity index (χ3n) is 5.15. The van der Waals surface area contributed by atoms with Crippen molar-refractivity contribution in [3.8, 4) is 0 Å². The van der Waals surface area contributed by atoms with Gasteiger partial charge in [0, 0.05) is 25.7 Å². The van der Waals surface area contributed by atoms with Crippen LogP contribution >= 0.6 is 0 Å². The Labute approximate surface area is 239 Å². The van der Waals surface area contributed by atoms with Crippen LogP contribution in [0.4, 0.5) is 0 Å². The van der Waals surface area contributed by atoms with Crippen molar-refractivity contribution in [1.29, 1.82) is 0 Å². The van der Waals surface area contributed by atoms with E-state index >= 15 is 0 Å². The van der Waals surface area contributed by atoms with Gasteiger partial charge in [0.1, 0.15) is 26.3 Å². The molecule has 2 aliphatic heterocycles. The van der Waals surface area contributed by atoms with Gasteiger partial charge in [0.05, 0.1) is 52.8 Å². The number of quaternary nitrogens is 2. The predicted molar refractivity (Wildman–Crippen MR) is 114 cm³/mol. The Balaban J connectivity index is -0.000000128. The summed E-state index contributed by atoms with van der Waals surface area (Å²) in [6, 6.07) is 0. The maximum absolute atomic E-state index is 10.7. The third kappa shape index (κ3) is 26.3. The molecule has 3 radical (unpaired) electrons. The van der Waals surface area contributed by atoms with E-state index in [1.54, 1.807) is 0 Å². The van der Waals surface area contributed by atoms with Crippen molar-refractivity contribution >= 4 is 35.0 Å². The van der Waals surface area contributed by atoms with E-state index in [0.717, 1.165) is 60.7 Å². The second-order valence-electron chi connectivity index (χ2n) is 8.18. The van der Waals surface area contributed by atoms with E-state index in [-0.39, 0.29) is 69.6 Å². The molecule has 0 amide bonds. The molecule has 0 unspecified atom stereocenters. The van der Waals surface area contributed by atoms with Gasteiger partial charge in [-0.2, -0.15) is 16.8 Å². The molecule has 0 saturated carbocycles. The first-order valence-electron chi connectivity index (χ1n) is 9.75. The Bertz CT molecular complexity index is 641. The van der Waals surface area contributed by atoms with Crippen LogP contribution in [0.2, 0.25) is 0 Å². The fraction of sp³-hybridized carbons (Fsp3) is 1.00. The van der Waals surface area contributed by atoms with Gasteiger partial charge >= 0.3 is 57.2 Å². The minimum absolute atomic E-state index is 0. The molecule has 2 aliphatic rings. The number of hydrogen-bond donors (Lipinski definition) is 0. The maximum Gasteiger partial charge on any atom is 1.00 e. The van der Waals surface area contributed by atoms with Crippen LogP contribution in [-0.2, 0) is 33.3 Å². The summed E-state index contributed by atoms with van der Waals surface area (Å²) < 4.78 is 62.6. The molecule has 17 heteroatoms. The van der Waals surface area contributed by atoms with E-state index in [9.17, 15) is 16.8 Å². The standard InChI is InChI=1S/2C8H18NO3S.B2O.2ClH.2Li/c2*1-9(5-3-4-6-9)7-8-12-13(2,10)11;1-2-3;;;;/h2*3-8H2,1-2H3;;2*1H;;/q2*+1;-1;;;2*+1/p-2. The molecule has 0 N–H and O–H groups in total. The van der Waals surface area contributed by atoms with Crippen LogP contribution in [0.3, 0.4) is 0 Å². The van der Waals surface area contributed by atoms with Crippen molar-refractivity contribution in [2.45, 2.75) is 25.7 Å². The van der Waals surface area contributed by atoms with Gasteiger partial charge < -0.3 is 33.8 Å². The normalized spacial score (nSPS) is 17.6. The average Bonchev–Trinajstić information content (AvgIpc) is 3.16. The molecule has 0 aliphatic carbocycles. The molecule has 0 spiro atoms. The van der Waals surface area contributed by atoms with Crippen LogP contribution in [0, 0.1) is 0 Å². The first kappa shape index (κ1) is 44.4. The number of likely N-dealkylation sites (tertiary alicyclic amines) is 2. The van der Waals surface area contributed by atoms with Crippen LogP contribution in [0.15, 0.2) is 0 Å². The Morgan fingerprint density at radius 3 is 1.12 bits per heavy atom. The first-order chi connectivity index (χ1) is 13.2. The summed E-state index contributed by atoms with van der Waals surface area (Å²) in [6.07, 6.45) is 7.17. The summed E-state index contributed by atoms with van der Waals surface area (Å²) in [5.41, 5.74) is 0. The number of likely N-dealkylation sites (N-methyl/N-ethyl adjacent to an activating group) is 2. The van der Waals surface area contributed by atoms with Crippen LogP contribution in [-0.4, -0.2) is 120 Å². The molecule has 0 aromatic heterocycles. The Morgan fingerprint density at radius 1 is 0.727 bits per heavy atom. The molecule has 185 valence electrons. The van der Waals surface area contributed by atoms with Crippen molar-refractivity contribution in [2.24, 2.45) is 0 Å². The van der Waals surface area contributed by atoms with E-state index < -0.39 is 20.2 Å². The zero-order valence-electron chi connectivity index (χ0n) is 21.0. The number of halogens is 2. The largest absolute Gasteiger partial charge is 1.00 e. The van der Waals surface area contributed by atoms with E-state index in [2.05, 4.69) is 21.8 Å². The Hall–Kier alpha value is 1.44. The van der Waals surface area contributed by atoms with E-state index in [0.29, 0.717) is 13.2 Å². The number of rotatable bonds is 8. The SMILES string of the molecule is C[N+]1(CCOS(C)(=O)=O)CCCC1.C[N+]1(CCOS(C)(=O)=O)CCCC1.[B-]B=O.[Cl-].[Cl-].[Li+].[Li+]. The molecule has 0 aromatic carbocycles. The zero-order valence-corrected chi connectivity index (χ0v) is 24.1. The van der Waals surface area contributed by atoms with Crippen LogP contribution in [0.1, 0.15) is 25.7 Å². The van der Waals surface area contributed by atoms with Gasteiger partial charge in [0.2, 0.25) is 0 Å². The fourth-order valence-electron chi connectivity index (χ4n) is 3.46. The molecule has 2 fully saturated rings. The number of nitrogens with zero attached hydrogens (tertiary/aromatic N) is 2. The summed E-state index contributed by atoms with van der Waals surface area (Å²) in [4.78, 5) is 0. The van der Waals surface area contributed by atoms with Crippen molar-refractivity contribution in [1.82, 2.24) is 0 Å². The number of hydrogen-bond acceptors (Lipinski definition) is 7. The molecule has 2 rings (SSSR count). The van der Waals surface area contributed by atoms with Crippen molar-refractivity contribution in [3.63, 3.8) is 0 Å². The average molecular weight is 539 g/mol. The van der Waals surface area contributed by atoms with E-state index in [1.165, 1.54) is 25.7 Å². The van der Waals surface area contributed by atoms with Gasteiger partial charge in [-0.25, -0.2) is 0 Å². The van der Waals surface area contributed by atoms with Crippen LogP contribution in [0.25, 0.3) is 0 Å². The molecule has 0 aromatic rings. The minimum Gasteiger partial charge on any atom is -1.00 e. The molecule has 9 nitrogen and oxygen atoms in total. The summed E-state index contributed by atoms with van der Waals surface area (Å²) in [6.45, 7) is 6.81. The second kappa shape index (κ2) is 21.5. The van der Waals surface area contributed by atoms with Gasteiger partial charge in [0.15, 0.2) is 0 Å². The Kier molecular flexibility index (Phi) is 29.0. The summed E-state index contributed by atoms with van der Waals surface area (Å²) >= 11 is 0.